The number of aromatic amines is 2. The fraction of sp³-hybridized carbons (Fsp3) is 0.259. The number of anilines is 2. The summed E-state index contributed by atoms with van der Waals surface area (Å²) in [5.74, 6) is 0. The van der Waals surface area contributed by atoms with E-state index in [2.05, 4.69) is 85.3 Å². The van der Waals surface area contributed by atoms with Gasteiger partial charge in [0.25, 0.3) is 0 Å². The van der Waals surface area contributed by atoms with Crippen LogP contribution in [0.4, 0.5) is 11.4 Å². The Bertz CT molecular complexity index is 1470. The van der Waals surface area contributed by atoms with E-state index >= 15 is 0 Å². The van der Waals surface area contributed by atoms with Crippen molar-refractivity contribution in [3.05, 3.63) is 60.9 Å². The van der Waals surface area contributed by atoms with Crippen LogP contribution in [0.1, 0.15) is 0 Å². The van der Waals surface area contributed by atoms with Crippen LogP contribution < -0.4 is 9.80 Å². The lowest BCUT2D eigenvalue weighted by atomic mass is 10.0. The number of hydrogen-bond acceptors (Lipinski definition) is 5. The number of rotatable bonds is 4. The summed E-state index contributed by atoms with van der Waals surface area (Å²) in [4.78, 5) is 15.0. The van der Waals surface area contributed by atoms with Crippen LogP contribution in [0.5, 0.6) is 0 Å². The molecule has 4 heterocycles. The minimum atomic E-state index is 0.939. The predicted octanol–water partition coefficient (Wildman–Crippen LogP) is 4.59. The van der Waals surface area contributed by atoms with E-state index in [1.54, 1.807) is 0 Å². The van der Waals surface area contributed by atoms with Crippen LogP contribution in [0.3, 0.4) is 0 Å². The third-order valence-corrected chi connectivity index (χ3v) is 6.88. The molecular formula is C27H29N7. The fourth-order valence-corrected chi connectivity index (χ4v) is 4.82. The zero-order chi connectivity index (χ0) is 23.2. The molecule has 7 nitrogen and oxygen atoms in total. The molecule has 172 valence electrons. The Hall–Kier alpha value is -3.84. The summed E-state index contributed by atoms with van der Waals surface area (Å²) in [7, 11) is 6.26. The van der Waals surface area contributed by atoms with Crippen molar-refractivity contribution in [1.29, 1.82) is 0 Å². The van der Waals surface area contributed by atoms with Gasteiger partial charge in [0.1, 0.15) is 5.69 Å². The lowest BCUT2D eigenvalue weighted by Gasteiger charge is -2.34. The van der Waals surface area contributed by atoms with Gasteiger partial charge in [-0.2, -0.15) is 5.10 Å². The van der Waals surface area contributed by atoms with Crippen LogP contribution in [0, 0.1) is 0 Å². The van der Waals surface area contributed by atoms with E-state index in [9.17, 15) is 0 Å². The standard InChI is InChI=1S/C27H29N7/c1-32(2)20-13-19(16-28-17-20)18-7-8-24-22(14-18)27(31-30-24)25-15-21-23(29-25)5-4-6-26(21)34-11-9-33(3)10-12-34/h4-8,13-17,29H,9-12H2,1-3H3,(H,30,31). The van der Waals surface area contributed by atoms with E-state index in [0.29, 0.717) is 0 Å². The van der Waals surface area contributed by atoms with E-state index in [1.807, 2.05) is 26.5 Å². The zero-order valence-electron chi connectivity index (χ0n) is 19.8. The van der Waals surface area contributed by atoms with E-state index < -0.39 is 0 Å². The molecule has 2 N–H and O–H groups in total. The van der Waals surface area contributed by atoms with Gasteiger partial charge in [0.05, 0.1) is 23.1 Å². The van der Waals surface area contributed by atoms with Crippen molar-refractivity contribution in [2.75, 3.05) is 57.1 Å². The number of piperazine rings is 1. The van der Waals surface area contributed by atoms with Gasteiger partial charge >= 0.3 is 0 Å². The van der Waals surface area contributed by atoms with Crippen molar-refractivity contribution in [3.8, 4) is 22.5 Å². The van der Waals surface area contributed by atoms with Crippen molar-refractivity contribution < 1.29 is 0 Å². The number of nitrogens with zero attached hydrogens (tertiary/aromatic N) is 5. The summed E-state index contributed by atoms with van der Waals surface area (Å²) in [5, 5.41) is 10.3. The molecule has 34 heavy (non-hydrogen) atoms. The maximum atomic E-state index is 4.69. The summed E-state index contributed by atoms with van der Waals surface area (Å²) in [6.07, 6.45) is 3.80. The number of hydrogen-bond donors (Lipinski definition) is 2. The van der Waals surface area contributed by atoms with E-state index in [1.165, 1.54) is 11.1 Å². The fourth-order valence-electron chi connectivity index (χ4n) is 4.82. The van der Waals surface area contributed by atoms with Crippen molar-refractivity contribution in [2.24, 2.45) is 0 Å². The average Bonchev–Trinajstić information content (AvgIpc) is 3.48. The van der Waals surface area contributed by atoms with Crippen LogP contribution in [0.15, 0.2) is 60.9 Å². The molecule has 0 bridgehead atoms. The normalized spacial score (nSPS) is 14.9. The maximum Gasteiger partial charge on any atom is 0.116 e. The summed E-state index contributed by atoms with van der Waals surface area (Å²) < 4.78 is 0. The molecule has 5 aromatic rings. The molecular weight excluding hydrogens is 422 g/mol. The van der Waals surface area contributed by atoms with E-state index in [4.69, 9.17) is 5.10 Å². The van der Waals surface area contributed by atoms with Crippen LogP contribution in [-0.2, 0) is 0 Å². The van der Waals surface area contributed by atoms with Crippen LogP contribution in [0.2, 0.25) is 0 Å². The number of aromatic nitrogens is 4. The van der Waals surface area contributed by atoms with Gasteiger partial charge in [-0.05, 0) is 49.0 Å². The van der Waals surface area contributed by atoms with Crippen molar-refractivity contribution in [2.45, 2.75) is 0 Å². The lowest BCUT2D eigenvalue weighted by Crippen LogP contribution is -2.44. The Kier molecular flexibility index (Phi) is 4.99. The zero-order valence-corrected chi connectivity index (χ0v) is 19.8. The molecule has 1 fully saturated rings. The second-order valence-electron chi connectivity index (χ2n) is 9.37. The average molecular weight is 452 g/mol. The first-order chi connectivity index (χ1) is 16.6. The van der Waals surface area contributed by atoms with Gasteiger partial charge in [-0.3, -0.25) is 10.1 Å². The summed E-state index contributed by atoms with van der Waals surface area (Å²) in [6, 6.07) is 17.4. The Morgan fingerprint density at radius 1 is 0.853 bits per heavy atom. The van der Waals surface area contributed by atoms with Crippen LogP contribution in [0.25, 0.3) is 44.3 Å². The van der Waals surface area contributed by atoms with Crippen molar-refractivity contribution in [1.82, 2.24) is 25.1 Å². The van der Waals surface area contributed by atoms with Crippen LogP contribution >= 0.6 is 0 Å². The summed E-state index contributed by atoms with van der Waals surface area (Å²) in [5.41, 5.74) is 8.72. The molecule has 0 unspecified atom stereocenters. The molecule has 0 radical (unpaired) electrons. The molecule has 0 amide bonds. The quantitative estimate of drug-likeness (QED) is 0.418. The minimum Gasteiger partial charge on any atom is -0.376 e. The lowest BCUT2D eigenvalue weighted by molar-refractivity contribution is 0.313. The number of benzene rings is 2. The van der Waals surface area contributed by atoms with Gasteiger partial charge in [0.2, 0.25) is 0 Å². The smallest absolute Gasteiger partial charge is 0.116 e. The first kappa shape index (κ1) is 20.7. The Labute approximate surface area is 199 Å². The monoisotopic (exact) mass is 451 g/mol. The highest BCUT2D eigenvalue weighted by Gasteiger charge is 2.19. The Morgan fingerprint density at radius 2 is 1.71 bits per heavy atom. The molecule has 2 aromatic carbocycles. The third-order valence-electron chi connectivity index (χ3n) is 6.88. The highest BCUT2D eigenvalue weighted by molar-refractivity contribution is 6.01. The van der Waals surface area contributed by atoms with Crippen molar-refractivity contribution >= 4 is 33.2 Å². The third kappa shape index (κ3) is 3.58. The SMILES string of the molecule is CN1CCN(c2cccc3[nH]c(-c4n[nH]c5ccc(-c6cncc(N(C)C)c6)cc45)cc23)CC1. The highest BCUT2D eigenvalue weighted by atomic mass is 15.2. The Morgan fingerprint density at radius 3 is 2.53 bits per heavy atom. The number of pyridine rings is 1. The van der Waals surface area contributed by atoms with E-state index in [-0.39, 0.29) is 0 Å². The van der Waals surface area contributed by atoms with Gasteiger partial charge in [-0.25, -0.2) is 0 Å². The second-order valence-corrected chi connectivity index (χ2v) is 9.37. The first-order valence-corrected chi connectivity index (χ1v) is 11.7. The largest absolute Gasteiger partial charge is 0.376 e. The number of fused-ring (bicyclic) bond motifs is 2. The first-order valence-electron chi connectivity index (χ1n) is 11.7. The highest BCUT2D eigenvalue weighted by Crippen LogP contribution is 2.35. The number of nitrogens with one attached hydrogen (secondary N) is 2. The number of H-pyrrole nitrogens is 2. The van der Waals surface area contributed by atoms with Gasteiger partial charge in [0.15, 0.2) is 0 Å². The molecule has 3 aromatic heterocycles. The molecule has 1 aliphatic rings. The Balaban J connectivity index is 1.42. The molecule has 7 heteroatoms. The molecule has 0 spiro atoms. The molecule has 1 saturated heterocycles. The predicted molar refractivity (Wildman–Crippen MR) is 141 cm³/mol. The molecule has 6 rings (SSSR count). The molecule has 0 atom stereocenters. The second kappa shape index (κ2) is 8.18. The van der Waals surface area contributed by atoms with Gasteiger partial charge in [-0.1, -0.05) is 12.1 Å². The van der Waals surface area contributed by atoms with E-state index in [0.717, 1.165) is 70.8 Å². The van der Waals surface area contributed by atoms with Gasteiger partial charge in [0, 0.05) is 74.0 Å². The molecule has 0 saturated carbocycles. The molecule has 0 aliphatic carbocycles. The minimum absolute atomic E-state index is 0.939. The summed E-state index contributed by atoms with van der Waals surface area (Å²) >= 11 is 0. The van der Waals surface area contributed by atoms with Gasteiger partial charge < -0.3 is 19.7 Å². The van der Waals surface area contributed by atoms with Crippen molar-refractivity contribution in [3.63, 3.8) is 0 Å². The maximum absolute atomic E-state index is 4.69. The van der Waals surface area contributed by atoms with Crippen LogP contribution in [-0.4, -0.2) is 72.4 Å². The number of likely N-dealkylation sites (N-methyl/N-ethyl adjacent to an activating group) is 1. The summed E-state index contributed by atoms with van der Waals surface area (Å²) in [6.45, 7) is 4.27. The topological polar surface area (TPSA) is 67.1 Å². The molecule has 1 aliphatic heterocycles. The van der Waals surface area contributed by atoms with Gasteiger partial charge in [-0.15, -0.1) is 0 Å².